The molecule has 1 aliphatic rings. The molecule has 0 aliphatic heterocycles. The Kier molecular flexibility index (Phi) is 4.43. The van der Waals surface area contributed by atoms with Crippen molar-refractivity contribution < 1.29 is 0 Å². The normalized spacial score (nSPS) is 29.4. The van der Waals surface area contributed by atoms with Crippen LogP contribution in [0.2, 0.25) is 0 Å². The lowest BCUT2D eigenvalue weighted by Gasteiger charge is -2.48. The summed E-state index contributed by atoms with van der Waals surface area (Å²) in [5.74, 6) is 1.89. The Balaban J connectivity index is 2.51. The van der Waals surface area contributed by atoms with Crippen LogP contribution in [0.25, 0.3) is 0 Å². The van der Waals surface area contributed by atoms with Crippen LogP contribution in [0.3, 0.4) is 0 Å². The van der Waals surface area contributed by atoms with Gasteiger partial charge >= 0.3 is 0 Å². The van der Waals surface area contributed by atoms with Gasteiger partial charge in [0.2, 0.25) is 0 Å². The molecule has 1 aliphatic carbocycles. The zero-order chi connectivity index (χ0) is 10.7. The SMILES string of the molecule is CC[C@H](C)C1CCC1N(CC)C(C)C. The van der Waals surface area contributed by atoms with Crippen molar-refractivity contribution in [3.05, 3.63) is 0 Å². The number of hydrogen-bond acceptors (Lipinski definition) is 1. The lowest BCUT2D eigenvalue weighted by atomic mass is 9.70. The molecule has 1 saturated carbocycles. The fraction of sp³-hybridized carbons (Fsp3) is 1.00. The van der Waals surface area contributed by atoms with E-state index in [1.807, 2.05) is 0 Å². The standard InChI is InChI=1S/C13H27N/c1-6-11(5)12-8-9-13(12)14(7-2)10(3)4/h10-13H,6-9H2,1-5H3/t11-,12?,13?/m0/s1. The van der Waals surface area contributed by atoms with E-state index in [0.29, 0.717) is 0 Å². The maximum absolute atomic E-state index is 2.68. The average Bonchev–Trinajstić information content (AvgIpc) is 2.10. The summed E-state index contributed by atoms with van der Waals surface area (Å²) in [6.45, 7) is 12.9. The summed E-state index contributed by atoms with van der Waals surface area (Å²) >= 11 is 0. The van der Waals surface area contributed by atoms with Crippen LogP contribution in [-0.2, 0) is 0 Å². The van der Waals surface area contributed by atoms with E-state index >= 15 is 0 Å². The van der Waals surface area contributed by atoms with E-state index in [2.05, 4.69) is 39.5 Å². The van der Waals surface area contributed by atoms with Crippen molar-refractivity contribution >= 4 is 0 Å². The van der Waals surface area contributed by atoms with Crippen molar-refractivity contribution in [2.45, 2.75) is 66.0 Å². The first kappa shape index (κ1) is 12.0. The van der Waals surface area contributed by atoms with Crippen LogP contribution in [0.4, 0.5) is 0 Å². The first-order chi connectivity index (χ1) is 6.61. The average molecular weight is 197 g/mol. The van der Waals surface area contributed by atoms with Crippen molar-refractivity contribution in [2.75, 3.05) is 6.54 Å². The smallest absolute Gasteiger partial charge is 0.0129 e. The van der Waals surface area contributed by atoms with Gasteiger partial charge in [-0.1, -0.05) is 27.2 Å². The van der Waals surface area contributed by atoms with Gasteiger partial charge in [0, 0.05) is 12.1 Å². The molecule has 0 aromatic heterocycles. The molecule has 0 radical (unpaired) electrons. The highest BCUT2D eigenvalue weighted by Gasteiger charge is 2.38. The highest BCUT2D eigenvalue weighted by atomic mass is 15.2. The minimum Gasteiger partial charge on any atom is -0.298 e. The first-order valence-electron chi connectivity index (χ1n) is 6.37. The van der Waals surface area contributed by atoms with E-state index in [0.717, 1.165) is 23.9 Å². The van der Waals surface area contributed by atoms with Gasteiger partial charge < -0.3 is 0 Å². The zero-order valence-corrected chi connectivity index (χ0v) is 10.6. The Labute approximate surface area is 89.9 Å². The number of rotatable bonds is 5. The van der Waals surface area contributed by atoms with Crippen molar-refractivity contribution in [1.82, 2.24) is 4.90 Å². The monoisotopic (exact) mass is 197 g/mol. The maximum atomic E-state index is 2.68. The van der Waals surface area contributed by atoms with Crippen LogP contribution < -0.4 is 0 Å². The van der Waals surface area contributed by atoms with Crippen molar-refractivity contribution in [3.8, 4) is 0 Å². The van der Waals surface area contributed by atoms with Crippen LogP contribution >= 0.6 is 0 Å². The van der Waals surface area contributed by atoms with E-state index in [4.69, 9.17) is 0 Å². The quantitative estimate of drug-likeness (QED) is 0.651. The summed E-state index contributed by atoms with van der Waals surface area (Å²) in [4.78, 5) is 2.68. The van der Waals surface area contributed by atoms with Gasteiger partial charge in [0.05, 0.1) is 0 Å². The lowest BCUT2D eigenvalue weighted by molar-refractivity contribution is 0.0139. The molecule has 0 bridgehead atoms. The summed E-state index contributed by atoms with van der Waals surface area (Å²) in [5, 5.41) is 0. The molecule has 0 amide bonds. The summed E-state index contributed by atoms with van der Waals surface area (Å²) in [5.41, 5.74) is 0. The molecule has 0 saturated heterocycles. The second-order valence-electron chi connectivity index (χ2n) is 5.12. The van der Waals surface area contributed by atoms with Gasteiger partial charge in [-0.25, -0.2) is 0 Å². The summed E-state index contributed by atoms with van der Waals surface area (Å²) in [6.07, 6.45) is 4.24. The zero-order valence-electron chi connectivity index (χ0n) is 10.6. The minimum atomic E-state index is 0.719. The van der Waals surface area contributed by atoms with Gasteiger partial charge in [0.25, 0.3) is 0 Å². The van der Waals surface area contributed by atoms with Crippen LogP contribution in [-0.4, -0.2) is 23.5 Å². The Morgan fingerprint density at radius 3 is 2.07 bits per heavy atom. The highest BCUT2D eigenvalue weighted by Crippen LogP contribution is 2.39. The predicted octanol–water partition coefficient (Wildman–Crippen LogP) is 3.54. The summed E-state index contributed by atoms with van der Waals surface area (Å²) in [7, 11) is 0. The molecule has 0 aromatic rings. The van der Waals surface area contributed by atoms with Gasteiger partial charge in [0.1, 0.15) is 0 Å². The molecule has 1 heteroatoms. The van der Waals surface area contributed by atoms with Crippen molar-refractivity contribution in [3.63, 3.8) is 0 Å². The van der Waals surface area contributed by atoms with Crippen molar-refractivity contribution in [1.29, 1.82) is 0 Å². The van der Waals surface area contributed by atoms with Crippen LogP contribution in [0.15, 0.2) is 0 Å². The van der Waals surface area contributed by atoms with Gasteiger partial charge in [-0.2, -0.15) is 0 Å². The highest BCUT2D eigenvalue weighted by molar-refractivity contribution is 4.91. The second kappa shape index (κ2) is 5.16. The maximum Gasteiger partial charge on any atom is 0.0129 e. The molecule has 3 atom stereocenters. The second-order valence-corrected chi connectivity index (χ2v) is 5.12. The van der Waals surface area contributed by atoms with Gasteiger partial charge in [-0.15, -0.1) is 0 Å². The molecule has 0 N–H and O–H groups in total. The van der Waals surface area contributed by atoms with E-state index < -0.39 is 0 Å². The molecule has 1 rings (SSSR count). The van der Waals surface area contributed by atoms with Gasteiger partial charge in [0.15, 0.2) is 0 Å². The van der Waals surface area contributed by atoms with E-state index in [9.17, 15) is 0 Å². The third kappa shape index (κ3) is 2.31. The fourth-order valence-electron chi connectivity index (χ4n) is 2.87. The molecular weight excluding hydrogens is 170 g/mol. The Bertz CT molecular complexity index is 165. The molecule has 0 heterocycles. The Morgan fingerprint density at radius 1 is 1.14 bits per heavy atom. The Morgan fingerprint density at radius 2 is 1.79 bits per heavy atom. The molecule has 0 spiro atoms. The molecule has 84 valence electrons. The van der Waals surface area contributed by atoms with E-state index in [1.165, 1.54) is 25.8 Å². The Hall–Kier alpha value is -0.0400. The van der Waals surface area contributed by atoms with E-state index in [-0.39, 0.29) is 0 Å². The third-order valence-corrected chi connectivity index (χ3v) is 4.12. The molecular formula is C13H27N. The van der Waals surface area contributed by atoms with Crippen LogP contribution in [0, 0.1) is 11.8 Å². The predicted molar refractivity (Wildman–Crippen MR) is 63.5 cm³/mol. The molecule has 1 nitrogen and oxygen atoms in total. The number of nitrogens with zero attached hydrogens (tertiary/aromatic N) is 1. The molecule has 2 unspecified atom stereocenters. The van der Waals surface area contributed by atoms with Crippen LogP contribution in [0.1, 0.15) is 53.9 Å². The van der Waals surface area contributed by atoms with Crippen molar-refractivity contribution in [2.24, 2.45) is 11.8 Å². The summed E-state index contributed by atoms with van der Waals surface area (Å²) < 4.78 is 0. The molecule has 1 fully saturated rings. The number of hydrogen-bond donors (Lipinski definition) is 0. The molecule has 0 aromatic carbocycles. The lowest BCUT2D eigenvalue weighted by Crippen LogP contribution is -2.51. The molecule has 14 heavy (non-hydrogen) atoms. The summed E-state index contributed by atoms with van der Waals surface area (Å²) in [6, 6.07) is 1.60. The van der Waals surface area contributed by atoms with Gasteiger partial charge in [-0.3, -0.25) is 4.90 Å². The largest absolute Gasteiger partial charge is 0.298 e. The minimum absolute atomic E-state index is 0.719. The topological polar surface area (TPSA) is 3.24 Å². The fourth-order valence-corrected chi connectivity index (χ4v) is 2.87. The van der Waals surface area contributed by atoms with Crippen LogP contribution in [0.5, 0.6) is 0 Å². The third-order valence-electron chi connectivity index (χ3n) is 4.12. The first-order valence-corrected chi connectivity index (χ1v) is 6.37. The van der Waals surface area contributed by atoms with Gasteiger partial charge in [-0.05, 0) is 45.1 Å². The van der Waals surface area contributed by atoms with E-state index in [1.54, 1.807) is 0 Å².